The number of benzene rings is 7. The number of para-hydroxylation sites is 3. The van der Waals surface area contributed by atoms with Gasteiger partial charge < -0.3 is 19.1 Å². The van der Waals surface area contributed by atoms with Crippen LogP contribution in [0.25, 0.3) is 23.3 Å². The minimum Gasteiger partial charge on any atom is -0.457 e. The first-order chi connectivity index (χ1) is 29.1. The van der Waals surface area contributed by atoms with Gasteiger partial charge >= 0.3 is 0 Å². The van der Waals surface area contributed by atoms with Crippen LogP contribution in [0, 0.1) is 0 Å². The molecule has 302 valence electrons. The Balaban J connectivity index is 1.16. The number of ether oxygens (including phenoxy) is 3. The van der Waals surface area contributed by atoms with Gasteiger partial charge in [0.1, 0.15) is 11.5 Å². The number of hydrogen-bond donors (Lipinski definition) is 0. The fourth-order valence-corrected chi connectivity index (χ4v) is 10.4. The van der Waals surface area contributed by atoms with Gasteiger partial charge in [-0.2, -0.15) is 0 Å². The number of fused-ring (bicyclic) bond motifs is 10. The van der Waals surface area contributed by atoms with E-state index in [0.717, 1.165) is 45.3 Å². The van der Waals surface area contributed by atoms with Crippen molar-refractivity contribution in [2.24, 2.45) is 0 Å². The number of rotatable bonds is 3. The van der Waals surface area contributed by atoms with Crippen LogP contribution >= 0.6 is 0 Å². The van der Waals surface area contributed by atoms with Crippen molar-refractivity contribution >= 4 is 29.2 Å². The van der Waals surface area contributed by atoms with Crippen LogP contribution in [0.4, 0.5) is 17.1 Å². The fraction of sp³-hybridized carbons (Fsp3) is 0.228. The third kappa shape index (κ3) is 5.50. The van der Waals surface area contributed by atoms with Crippen LogP contribution in [-0.2, 0) is 21.7 Å². The van der Waals surface area contributed by atoms with Crippen molar-refractivity contribution < 1.29 is 14.2 Å². The minimum absolute atomic E-state index is 0.00124. The van der Waals surface area contributed by atoms with Gasteiger partial charge in [-0.25, -0.2) is 0 Å². The highest BCUT2D eigenvalue weighted by Crippen LogP contribution is 2.60. The molecule has 0 amide bonds. The van der Waals surface area contributed by atoms with Gasteiger partial charge in [0.05, 0.1) is 5.69 Å². The number of hydrogen-bond acceptors (Lipinski definition) is 4. The lowest BCUT2D eigenvalue weighted by atomic mass is 9.70. The molecule has 0 aromatic heterocycles. The van der Waals surface area contributed by atoms with Gasteiger partial charge in [0, 0.05) is 44.3 Å². The molecule has 0 radical (unpaired) electrons. The Morgan fingerprint density at radius 3 is 1.74 bits per heavy atom. The molecule has 4 nitrogen and oxygen atoms in total. The lowest BCUT2D eigenvalue weighted by Crippen LogP contribution is -2.27. The molecule has 0 unspecified atom stereocenters. The topological polar surface area (TPSA) is 30.9 Å². The highest BCUT2D eigenvalue weighted by molar-refractivity contribution is 5.92. The zero-order valence-corrected chi connectivity index (χ0v) is 36.5. The maximum Gasteiger partial charge on any atom is 0.194 e. The van der Waals surface area contributed by atoms with E-state index in [9.17, 15) is 0 Å². The average Bonchev–Trinajstić information content (AvgIpc) is 3.40. The zero-order valence-electron chi connectivity index (χ0n) is 36.5. The molecule has 2 heterocycles. The standard InChI is InChI=1S/C57H51NO3/c1-54(2,3)35-23-25-36(26-24-35)58(37-27-29-39-38-16-10-11-17-41(38)55(4,5)44(39)31-37)47-33-45-40(52-53(47)61-50-21-15-14-20-49(50)60-52)28-22-34-30-51-46(32-43(34)57(45,8)9)56(6,7)42-18-12-13-19-48(42)59-51/h10-33H,1-9H3. The zero-order chi connectivity index (χ0) is 42.2. The summed E-state index contributed by atoms with van der Waals surface area (Å²) < 4.78 is 20.8. The van der Waals surface area contributed by atoms with Crippen LogP contribution < -0.4 is 19.1 Å². The predicted octanol–water partition coefficient (Wildman–Crippen LogP) is 15.9. The highest BCUT2D eigenvalue weighted by Gasteiger charge is 2.41. The molecule has 0 spiro atoms. The van der Waals surface area contributed by atoms with E-state index < -0.39 is 5.41 Å². The Hall–Kier alpha value is -6.52. The summed E-state index contributed by atoms with van der Waals surface area (Å²) >= 11 is 0. The van der Waals surface area contributed by atoms with E-state index >= 15 is 0 Å². The highest BCUT2D eigenvalue weighted by atomic mass is 16.6. The molecule has 0 saturated carbocycles. The Bertz CT molecular complexity index is 3010. The van der Waals surface area contributed by atoms with Crippen molar-refractivity contribution in [2.45, 2.75) is 84.0 Å². The van der Waals surface area contributed by atoms with Gasteiger partial charge in [0.2, 0.25) is 0 Å². The maximum absolute atomic E-state index is 7.07. The third-order valence-electron chi connectivity index (χ3n) is 14.0. The molecule has 0 atom stereocenters. The Morgan fingerprint density at radius 2 is 1.02 bits per heavy atom. The van der Waals surface area contributed by atoms with E-state index in [1.165, 1.54) is 44.5 Å². The molecule has 61 heavy (non-hydrogen) atoms. The molecular formula is C57H51NO3. The van der Waals surface area contributed by atoms with Crippen molar-refractivity contribution in [3.05, 3.63) is 184 Å². The van der Waals surface area contributed by atoms with Gasteiger partial charge in [-0.05, 0) is 111 Å². The normalized spacial score (nSPS) is 16.3. The van der Waals surface area contributed by atoms with Crippen molar-refractivity contribution in [3.8, 4) is 45.6 Å². The first-order valence-electron chi connectivity index (χ1n) is 21.6. The summed E-state index contributed by atoms with van der Waals surface area (Å²) in [5, 5.41) is 0. The van der Waals surface area contributed by atoms with E-state index in [-0.39, 0.29) is 16.2 Å². The summed E-state index contributed by atoms with van der Waals surface area (Å²) in [7, 11) is 0. The lowest BCUT2D eigenvalue weighted by Gasteiger charge is -2.38. The van der Waals surface area contributed by atoms with E-state index in [2.05, 4.69) is 189 Å². The molecule has 0 bridgehead atoms. The smallest absolute Gasteiger partial charge is 0.194 e. The summed E-state index contributed by atoms with van der Waals surface area (Å²) in [6.45, 7) is 20.8. The van der Waals surface area contributed by atoms with Crippen LogP contribution in [-0.4, -0.2) is 0 Å². The summed E-state index contributed by atoms with van der Waals surface area (Å²) in [4.78, 5) is 2.38. The van der Waals surface area contributed by atoms with Crippen LogP contribution in [0.1, 0.15) is 112 Å². The molecule has 4 aliphatic rings. The van der Waals surface area contributed by atoms with Crippen molar-refractivity contribution in [1.82, 2.24) is 0 Å². The second kappa shape index (κ2) is 12.8. The Kier molecular flexibility index (Phi) is 7.83. The van der Waals surface area contributed by atoms with Gasteiger partial charge in [-0.1, -0.05) is 147 Å². The van der Waals surface area contributed by atoms with Gasteiger partial charge in [-0.15, -0.1) is 0 Å². The third-order valence-corrected chi connectivity index (χ3v) is 14.0. The molecule has 2 aliphatic heterocycles. The summed E-state index contributed by atoms with van der Waals surface area (Å²) in [6, 6.07) is 48.3. The van der Waals surface area contributed by atoms with Crippen LogP contribution in [0.5, 0.6) is 34.5 Å². The first kappa shape index (κ1) is 37.5. The summed E-state index contributed by atoms with van der Waals surface area (Å²) in [5.41, 5.74) is 15.5. The maximum atomic E-state index is 7.07. The van der Waals surface area contributed by atoms with Crippen molar-refractivity contribution in [2.75, 3.05) is 4.90 Å². The SMILES string of the molecule is CC(C)(C)c1ccc(N(c2ccc3c(c2)C(C)(C)c2ccccc2-3)c2cc3c(c4c2Oc2ccccc2O4)C=Cc2cc4c(cc2C3(C)C)C(C)(C)c2ccccc2O4)cc1. The molecule has 7 aromatic rings. The number of anilines is 3. The van der Waals surface area contributed by atoms with Crippen LogP contribution in [0.2, 0.25) is 0 Å². The second-order valence-electron chi connectivity index (χ2n) is 19.8. The molecule has 0 N–H and O–H groups in total. The van der Waals surface area contributed by atoms with Gasteiger partial charge in [0.25, 0.3) is 0 Å². The second-order valence-corrected chi connectivity index (χ2v) is 19.8. The molecule has 0 fully saturated rings. The molecule has 7 aromatic carbocycles. The van der Waals surface area contributed by atoms with Crippen LogP contribution in [0.15, 0.2) is 133 Å². The fourth-order valence-electron chi connectivity index (χ4n) is 10.4. The summed E-state index contributed by atoms with van der Waals surface area (Å²) in [5.74, 6) is 4.60. The number of nitrogens with zero attached hydrogens (tertiary/aromatic N) is 1. The lowest BCUT2D eigenvalue weighted by molar-refractivity contribution is 0.358. The molecule has 0 saturated heterocycles. The Morgan fingerprint density at radius 1 is 0.426 bits per heavy atom. The summed E-state index contributed by atoms with van der Waals surface area (Å²) in [6.07, 6.45) is 4.45. The monoisotopic (exact) mass is 797 g/mol. The predicted molar refractivity (Wildman–Crippen MR) is 250 cm³/mol. The molecule has 4 heteroatoms. The van der Waals surface area contributed by atoms with E-state index in [0.29, 0.717) is 23.0 Å². The van der Waals surface area contributed by atoms with Crippen molar-refractivity contribution in [3.63, 3.8) is 0 Å². The molecule has 2 aliphatic carbocycles. The van der Waals surface area contributed by atoms with E-state index in [1.54, 1.807) is 0 Å². The average molecular weight is 798 g/mol. The van der Waals surface area contributed by atoms with E-state index in [4.69, 9.17) is 14.2 Å². The van der Waals surface area contributed by atoms with Gasteiger partial charge in [0.15, 0.2) is 23.0 Å². The quantitative estimate of drug-likeness (QED) is 0.178. The van der Waals surface area contributed by atoms with Crippen LogP contribution in [0.3, 0.4) is 0 Å². The first-order valence-corrected chi connectivity index (χ1v) is 21.6. The Labute approximate surface area is 360 Å². The van der Waals surface area contributed by atoms with Crippen molar-refractivity contribution in [1.29, 1.82) is 0 Å². The molecular weight excluding hydrogens is 747 g/mol. The minimum atomic E-state index is -0.469. The van der Waals surface area contributed by atoms with E-state index in [1.807, 2.05) is 24.3 Å². The largest absolute Gasteiger partial charge is 0.457 e. The molecule has 11 rings (SSSR count). The van der Waals surface area contributed by atoms with Gasteiger partial charge in [-0.3, -0.25) is 0 Å².